The van der Waals surface area contributed by atoms with Crippen molar-refractivity contribution in [1.82, 2.24) is 4.90 Å². The maximum Gasteiger partial charge on any atom is 0.410 e. The van der Waals surface area contributed by atoms with Crippen molar-refractivity contribution in [1.29, 1.82) is 0 Å². The number of halogens is 2. The van der Waals surface area contributed by atoms with Crippen LogP contribution in [0.4, 0.5) is 19.3 Å². The molecule has 0 aromatic heterocycles. The van der Waals surface area contributed by atoms with Crippen LogP contribution >= 0.6 is 0 Å². The van der Waals surface area contributed by atoms with Crippen LogP contribution in [0.2, 0.25) is 0 Å². The zero-order valence-electron chi connectivity index (χ0n) is 19.0. The molecule has 1 aliphatic heterocycles. The van der Waals surface area contributed by atoms with Crippen molar-refractivity contribution in [3.05, 3.63) is 65.7 Å². The molecular formula is C25H30F2N2O3. The van der Waals surface area contributed by atoms with E-state index in [0.717, 1.165) is 0 Å². The summed E-state index contributed by atoms with van der Waals surface area (Å²) < 4.78 is 32.6. The Morgan fingerprint density at radius 1 is 0.969 bits per heavy atom. The molecule has 2 aromatic rings. The van der Waals surface area contributed by atoms with Gasteiger partial charge in [0.05, 0.1) is 5.41 Å². The number of hydrogen-bond donors (Lipinski definition) is 0. The number of carbonyl (C=O) groups excluding carboxylic acids is 2. The Bertz CT molecular complexity index is 945. The lowest BCUT2D eigenvalue weighted by molar-refractivity contribution is -0.126. The molecule has 5 nitrogen and oxygen atoms in total. The molecule has 0 N–H and O–H groups in total. The smallest absolute Gasteiger partial charge is 0.410 e. The fraction of sp³-hybridized carbons (Fsp3) is 0.440. The molecule has 0 spiro atoms. The highest BCUT2D eigenvalue weighted by atomic mass is 19.1. The Morgan fingerprint density at radius 3 is 1.94 bits per heavy atom. The SMILES string of the molecule is CCN(C(=O)C1(c2ccc(F)cc2)CCN(C(=O)OC(C)(C)C)CC1)c1ccc(F)cc1. The number of anilines is 1. The standard InChI is InChI=1S/C25H30F2N2O3/c1-5-29(21-12-10-20(27)11-13-21)22(30)25(18-6-8-19(26)9-7-18)14-16-28(17-15-25)23(31)32-24(2,3)4/h6-13H,5,14-17H2,1-4H3. The number of rotatable bonds is 4. The van der Waals surface area contributed by atoms with E-state index in [1.165, 1.54) is 24.3 Å². The quantitative estimate of drug-likeness (QED) is 0.644. The van der Waals surface area contributed by atoms with Crippen LogP contribution in [0.15, 0.2) is 48.5 Å². The molecular weight excluding hydrogens is 414 g/mol. The second kappa shape index (κ2) is 9.27. The molecule has 2 amide bonds. The predicted molar refractivity (Wildman–Crippen MR) is 120 cm³/mol. The first-order valence-electron chi connectivity index (χ1n) is 10.9. The minimum Gasteiger partial charge on any atom is -0.444 e. The number of likely N-dealkylation sites (tertiary alicyclic amines) is 1. The molecule has 1 aliphatic rings. The number of carbonyl (C=O) groups is 2. The van der Waals surface area contributed by atoms with E-state index >= 15 is 0 Å². The summed E-state index contributed by atoms with van der Waals surface area (Å²) in [7, 11) is 0. The average molecular weight is 445 g/mol. The van der Waals surface area contributed by atoms with E-state index in [0.29, 0.717) is 43.7 Å². The molecule has 7 heteroatoms. The molecule has 0 saturated carbocycles. The molecule has 0 unspecified atom stereocenters. The summed E-state index contributed by atoms with van der Waals surface area (Å²) in [6.45, 7) is 8.34. The van der Waals surface area contributed by atoms with Crippen molar-refractivity contribution >= 4 is 17.7 Å². The van der Waals surface area contributed by atoms with Gasteiger partial charge in [-0.25, -0.2) is 13.6 Å². The van der Waals surface area contributed by atoms with Crippen LogP contribution in [0.5, 0.6) is 0 Å². The molecule has 1 saturated heterocycles. The topological polar surface area (TPSA) is 49.9 Å². The minimum absolute atomic E-state index is 0.151. The minimum atomic E-state index is -0.934. The number of hydrogen-bond acceptors (Lipinski definition) is 3. The van der Waals surface area contributed by atoms with Crippen molar-refractivity contribution in [2.75, 3.05) is 24.5 Å². The monoisotopic (exact) mass is 444 g/mol. The number of piperidine rings is 1. The van der Waals surface area contributed by atoms with Crippen LogP contribution in [0.25, 0.3) is 0 Å². The van der Waals surface area contributed by atoms with Gasteiger partial charge in [-0.15, -0.1) is 0 Å². The largest absolute Gasteiger partial charge is 0.444 e. The van der Waals surface area contributed by atoms with E-state index < -0.39 is 17.1 Å². The summed E-state index contributed by atoms with van der Waals surface area (Å²) in [5, 5.41) is 0. The van der Waals surface area contributed by atoms with Crippen LogP contribution in [0.1, 0.15) is 46.1 Å². The molecule has 32 heavy (non-hydrogen) atoms. The Kier molecular flexibility index (Phi) is 6.86. The lowest BCUT2D eigenvalue weighted by Crippen LogP contribution is -2.54. The highest BCUT2D eigenvalue weighted by molar-refractivity contribution is 6.01. The normalized spacial score (nSPS) is 15.9. The molecule has 0 radical (unpaired) electrons. The number of amides is 2. The van der Waals surface area contributed by atoms with E-state index in [1.807, 2.05) is 27.7 Å². The summed E-state index contributed by atoms with van der Waals surface area (Å²) in [5.74, 6) is -0.911. The number of likely N-dealkylation sites (N-methyl/N-ethyl adjacent to an activating group) is 1. The fourth-order valence-electron chi connectivity index (χ4n) is 4.12. The summed E-state index contributed by atoms with van der Waals surface area (Å²) >= 11 is 0. The van der Waals surface area contributed by atoms with Crippen molar-refractivity contribution in [2.24, 2.45) is 0 Å². The molecule has 1 heterocycles. The van der Waals surface area contributed by atoms with E-state index in [1.54, 1.807) is 34.1 Å². The maximum atomic E-state index is 13.9. The van der Waals surface area contributed by atoms with Gasteiger partial charge in [0.15, 0.2) is 0 Å². The van der Waals surface area contributed by atoms with Crippen LogP contribution in [0.3, 0.4) is 0 Å². The molecule has 2 aromatic carbocycles. The number of benzene rings is 2. The fourth-order valence-corrected chi connectivity index (χ4v) is 4.12. The van der Waals surface area contributed by atoms with Gasteiger partial charge in [0.1, 0.15) is 17.2 Å². The van der Waals surface area contributed by atoms with Crippen molar-refractivity contribution in [3.63, 3.8) is 0 Å². The highest BCUT2D eigenvalue weighted by Crippen LogP contribution is 2.39. The van der Waals surface area contributed by atoms with Crippen LogP contribution < -0.4 is 4.90 Å². The van der Waals surface area contributed by atoms with Gasteiger partial charge in [0, 0.05) is 25.3 Å². The first-order valence-corrected chi connectivity index (χ1v) is 10.9. The Labute approximate surface area is 188 Å². The van der Waals surface area contributed by atoms with Crippen LogP contribution in [0, 0.1) is 11.6 Å². The zero-order valence-corrected chi connectivity index (χ0v) is 19.0. The third kappa shape index (κ3) is 5.09. The third-order valence-corrected chi connectivity index (χ3v) is 5.77. The first kappa shape index (κ1) is 23.7. The van der Waals surface area contributed by atoms with E-state index in [-0.39, 0.29) is 17.5 Å². The van der Waals surface area contributed by atoms with Gasteiger partial charge in [-0.2, -0.15) is 0 Å². The summed E-state index contributed by atoms with van der Waals surface area (Å²) in [4.78, 5) is 29.7. The predicted octanol–water partition coefficient (Wildman–Crippen LogP) is 5.29. The Balaban J connectivity index is 1.92. The maximum absolute atomic E-state index is 13.9. The van der Waals surface area contributed by atoms with Gasteiger partial charge in [-0.3, -0.25) is 4.79 Å². The van der Waals surface area contributed by atoms with Crippen molar-refractivity contribution < 1.29 is 23.1 Å². The molecule has 0 aliphatic carbocycles. The van der Waals surface area contributed by atoms with Crippen molar-refractivity contribution in [3.8, 4) is 0 Å². The van der Waals surface area contributed by atoms with Crippen molar-refractivity contribution in [2.45, 2.75) is 51.6 Å². The summed E-state index contributed by atoms with van der Waals surface area (Å²) in [6.07, 6.45) is 0.326. The van der Waals surface area contributed by atoms with Gasteiger partial charge in [-0.1, -0.05) is 12.1 Å². The van der Waals surface area contributed by atoms with Gasteiger partial charge >= 0.3 is 6.09 Å². The molecule has 0 atom stereocenters. The van der Waals surface area contributed by atoms with Crippen LogP contribution in [-0.2, 0) is 14.9 Å². The number of ether oxygens (including phenoxy) is 1. The van der Waals surface area contributed by atoms with E-state index in [9.17, 15) is 18.4 Å². The lowest BCUT2D eigenvalue weighted by atomic mass is 9.71. The Morgan fingerprint density at radius 2 is 1.47 bits per heavy atom. The second-order valence-electron chi connectivity index (χ2n) is 9.08. The Hall–Kier alpha value is -2.96. The van der Waals surface area contributed by atoms with Crippen LogP contribution in [-0.4, -0.2) is 42.1 Å². The molecule has 1 fully saturated rings. The van der Waals surface area contributed by atoms with Gasteiger partial charge in [0.25, 0.3) is 0 Å². The number of nitrogens with zero attached hydrogens (tertiary/aromatic N) is 2. The van der Waals surface area contributed by atoms with E-state index in [4.69, 9.17) is 4.74 Å². The summed E-state index contributed by atoms with van der Waals surface area (Å²) in [5.41, 5.74) is -0.250. The van der Waals surface area contributed by atoms with Gasteiger partial charge in [-0.05, 0) is 82.5 Å². The van der Waals surface area contributed by atoms with Gasteiger partial charge < -0.3 is 14.5 Å². The average Bonchev–Trinajstić information content (AvgIpc) is 2.75. The summed E-state index contributed by atoms with van der Waals surface area (Å²) in [6, 6.07) is 11.7. The molecule has 172 valence electrons. The van der Waals surface area contributed by atoms with Gasteiger partial charge in [0.2, 0.25) is 5.91 Å². The lowest BCUT2D eigenvalue weighted by Gasteiger charge is -2.43. The third-order valence-electron chi connectivity index (χ3n) is 5.77. The van der Waals surface area contributed by atoms with E-state index in [2.05, 4.69) is 0 Å². The highest BCUT2D eigenvalue weighted by Gasteiger charge is 2.46. The second-order valence-corrected chi connectivity index (χ2v) is 9.08. The molecule has 3 rings (SSSR count). The first-order chi connectivity index (χ1) is 15.1. The zero-order chi connectivity index (χ0) is 23.5. The molecule has 0 bridgehead atoms.